The normalized spacial score (nSPS) is 10.9. The fraction of sp³-hybridized carbons (Fsp3) is 0.182. The van der Waals surface area contributed by atoms with Crippen LogP contribution in [-0.2, 0) is 14.4 Å². The summed E-state index contributed by atoms with van der Waals surface area (Å²) in [6.07, 6.45) is -0.300. The van der Waals surface area contributed by atoms with Crippen molar-refractivity contribution in [2.45, 2.75) is 13.3 Å². The molecule has 0 atom stereocenters. The number of Topliss-reactive ketones (excluding diaryl/α,β-unsaturated/α-hetero) is 1. The highest BCUT2D eigenvalue weighted by atomic mass is 16.7. The van der Waals surface area contributed by atoms with Gasteiger partial charge < -0.3 is 10.6 Å². The Labute approximate surface area is 92.9 Å². The molecule has 0 aliphatic heterocycles. The van der Waals surface area contributed by atoms with Gasteiger partial charge in [-0.2, -0.15) is 0 Å². The lowest BCUT2D eigenvalue weighted by molar-refractivity contribution is -0.145. The summed E-state index contributed by atoms with van der Waals surface area (Å²) in [4.78, 5) is 26.0. The summed E-state index contributed by atoms with van der Waals surface area (Å²) in [6, 6.07) is 8.87. The summed E-state index contributed by atoms with van der Waals surface area (Å²) in [5, 5.41) is 3.44. The number of ketones is 1. The molecule has 1 rings (SSSR count). The third kappa shape index (κ3) is 3.91. The molecule has 0 aromatic heterocycles. The van der Waals surface area contributed by atoms with Crippen LogP contribution in [0.4, 0.5) is 0 Å². The number of hydrogen-bond donors (Lipinski definition) is 1. The van der Waals surface area contributed by atoms with Crippen molar-refractivity contribution in [3.05, 3.63) is 35.9 Å². The van der Waals surface area contributed by atoms with E-state index in [1.165, 1.54) is 6.92 Å². The quantitative estimate of drug-likeness (QED) is 0.268. The van der Waals surface area contributed by atoms with Gasteiger partial charge in [-0.15, -0.1) is 0 Å². The van der Waals surface area contributed by atoms with Crippen LogP contribution in [0.5, 0.6) is 0 Å². The molecular weight excluding hydrogens is 208 g/mol. The van der Waals surface area contributed by atoms with Gasteiger partial charge in [-0.3, -0.25) is 4.79 Å². The molecule has 16 heavy (non-hydrogen) atoms. The highest BCUT2D eigenvalue weighted by Gasteiger charge is 2.06. The Bertz CT molecular complexity index is 412. The molecule has 0 heterocycles. The zero-order valence-electron chi connectivity index (χ0n) is 8.84. The second kappa shape index (κ2) is 5.65. The molecular formula is C11H12N2O3. The van der Waals surface area contributed by atoms with Crippen molar-refractivity contribution in [1.29, 1.82) is 0 Å². The smallest absolute Gasteiger partial charge is 0.342 e. The SMILES string of the molecule is CC(=O)CC(=O)O/N=C(\N)c1ccccc1. The Morgan fingerprint density at radius 1 is 1.31 bits per heavy atom. The maximum absolute atomic E-state index is 11.0. The molecule has 0 saturated heterocycles. The summed E-state index contributed by atoms with van der Waals surface area (Å²) in [5.41, 5.74) is 6.21. The molecule has 0 saturated carbocycles. The molecule has 0 fully saturated rings. The second-order valence-electron chi connectivity index (χ2n) is 3.18. The molecule has 0 unspecified atom stereocenters. The molecule has 5 heteroatoms. The Morgan fingerprint density at radius 2 is 1.94 bits per heavy atom. The van der Waals surface area contributed by atoms with Gasteiger partial charge in [-0.1, -0.05) is 35.5 Å². The molecule has 5 nitrogen and oxygen atoms in total. The molecule has 2 N–H and O–H groups in total. The molecule has 0 bridgehead atoms. The van der Waals surface area contributed by atoms with Gasteiger partial charge >= 0.3 is 5.97 Å². The summed E-state index contributed by atoms with van der Waals surface area (Å²) < 4.78 is 0. The van der Waals surface area contributed by atoms with E-state index < -0.39 is 5.97 Å². The van der Waals surface area contributed by atoms with Crippen molar-refractivity contribution in [3.63, 3.8) is 0 Å². The molecule has 0 aliphatic carbocycles. The predicted octanol–water partition coefficient (Wildman–Crippen LogP) is 0.829. The lowest BCUT2D eigenvalue weighted by atomic mass is 10.2. The molecule has 0 spiro atoms. The van der Waals surface area contributed by atoms with Crippen molar-refractivity contribution < 1.29 is 14.4 Å². The molecule has 0 aliphatic rings. The van der Waals surface area contributed by atoms with Gasteiger partial charge in [0, 0.05) is 5.56 Å². The average molecular weight is 220 g/mol. The number of rotatable bonds is 4. The first-order valence-electron chi connectivity index (χ1n) is 4.68. The van der Waals surface area contributed by atoms with E-state index in [1.54, 1.807) is 24.3 Å². The first-order valence-corrected chi connectivity index (χ1v) is 4.68. The number of nitrogens with zero attached hydrogens (tertiary/aromatic N) is 1. The molecule has 0 radical (unpaired) electrons. The molecule has 84 valence electrons. The summed E-state index contributed by atoms with van der Waals surface area (Å²) in [7, 11) is 0. The van der Waals surface area contributed by atoms with E-state index in [4.69, 9.17) is 5.73 Å². The number of carbonyl (C=O) groups excluding carboxylic acids is 2. The van der Waals surface area contributed by atoms with Crippen LogP contribution in [0.25, 0.3) is 0 Å². The number of oxime groups is 1. The zero-order chi connectivity index (χ0) is 12.0. The maximum Gasteiger partial charge on any atom is 0.342 e. The van der Waals surface area contributed by atoms with Crippen molar-refractivity contribution in [3.8, 4) is 0 Å². The summed E-state index contributed by atoms with van der Waals surface area (Å²) in [6.45, 7) is 1.30. The van der Waals surface area contributed by atoms with Crippen LogP contribution in [0.1, 0.15) is 18.9 Å². The fourth-order valence-electron chi connectivity index (χ4n) is 0.997. The van der Waals surface area contributed by atoms with Gasteiger partial charge in [0.1, 0.15) is 12.2 Å². The first-order chi connectivity index (χ1) is 7.59. The van der Waals surface area contributed by atoms with E-state index in [2.05, 4.69) is 9.99 Å². The Kier molecular flexibility index (Phi) is 4.20. The Morgan fingerprint density at radius 3 is 2.50 bits per heavy atom. The second-order valence-corrected chi connectivity index (χ2v) is 3.18. The van der Waals surface area contributed by atoms with Crippen molar-refractivity contribution in [1.82, 2.24) is 0 Å². The monoisotopic (exact) mass is 220 g/mol. The van der Waals surface area contributed by atoms with E-state index in [0.717, 1.165) is 0 Å². The molecule has 1 aromatic carbocycles. The average Bonchev–Trinajstić information content (AvgIpc) is 2.26. The highest BCUT2D eigenvalue weighted by molar-refractivity contribution is 5.98. The van der Waals surface area contributed by atoms with Crippen molar-refractivity contribution in [2.24, 2.45) is 10.9 Å². The minimum Gasteiger partial charge on any atom is -0.380 e. The Balaban J connectivity index is 2.58. The van der Waals surface area contributed by atoms with Gasteiger partial charge in [-0.25, -0.2) is 4.79 Å². The lowest BCUT2D eigenvalue weighted by Gasteiger charge is -1.99. The topological polar surface area (TPSA) is 81.8 Å². The van der Waals surface area contributed by atoms with Gasteiger partial charge in [0.15, 0.2) is 5.84 Å². The van der Waals surface area contributed by atoms with E-state index in [9.17, 15) is 9.59 Å². The van der Waals surface area contributed by atoms with E-state index in [-0.39, 0.29) is 18.0 Å². The zero-order valence-corrected chi connectivity index (χ0v) is 8.84. The largest absolute Gasteiger partial charge is 0.380 e. The molecule has 1 aromatic rings. The van der Waals surface area contributed by atoms with E-state index >= 15 is 0 Å². The van der Waals surface area contributed by atoms with Crippen LogP contribution in [0.3, 0.4) is 0 Å². The van der Waals surface area contributed by atoms with Crippen molar-refractivity contribution in [2.75, 3.05) is 0 Å². The standard InChI is InChI=1S/C11H12N2O3/c1-8(14)7-10(15)16-13-11(12)9-5-3-2-4-6-9/h2-6H,7H2,1H3,(H2,12,13). The van der Waals surface area contributed by atoms with Crippen LogP contribution in [0.15, 0.2) is 35.5 Å². The number of hydrogen-bond acceptors (Lipinski definition) is 4. The van der Waals surface area contributed by atoms with Crippen LogP contribution in [0, 0.1) is 0 Å². The van der Waals surface area contributed by atoms with Gasteiger partial charge in [0.2, 0.25) is 0 Å². The number of carbonyl (C=O) groups is 2. The predicted molar refractivity (Wildman–Crippen MR) is 58.6 cm³/mol. The van der Waals surface area contributed by atoms with Crippen LogP contribution in [0.2, 0.25) is 0 Å². The van der Waals surface area contributed by atoms with Crippen LogP contribution >= 0.6 is 0 Å². The number of nitrogens with two attached hydrogens (primary N) is 1. The van der Waals surface area contributed by atoms with E-state index in [1.807, 2.05) is 6.07 Å². The summed E-state index contributed by atoms with van der Waals surface area (Å²) in [5.74, 6) is -0.901. The number of benzene rings is 1. The summed E-state index contributed by atoms with van der Waals surface area (Å²) >= 11 is 0. The van der Waals surface area contributed by atoms with Crippen molar-refractivity contribution >= 4 is 17.6 Å². The van der Waals surface area contributed by atoms with Gasteiger partial charge in [0.25, 0.3) is 0 Å². The lowest BCUT2D eigenvalue weighted by Crippen LogP contribution is -2.15. The van der Waals surface area contributed by atoms with Gasteiger partial charge in [0.05, 0.1) is 0 Å². The Hall–Kier alpha value is -2.17. The van der Waals surface area contributed by atoms with E-state index in [0.29, 0.717) is 5.56 Å². The highest BCUT2D eigenvalue weighted by Crippen LogP contribution is 1.98. The first kappa shape index (κ1) is 11.9. The third-order valence-corrected chi connectivity index (χ3v) is 1.71. The van der Waals surface area contributed by atoms with Crippen LogP contribution < -0.4 is 5.73 Å². The third-order valence-electron chi connectivity index (χ3n) is 1.71. The maximum atomic E-state index is 11.0. The minimum absolute atomic E-state index is 0.0949. The fourth-order valence-corrected chi connectivity index (χ4v) is 0.997. The minimum atomic E-state index is -0.716. The van der Waals surface area contributed by atoms with Crippen LogP contribution in [-0.4, -0.2) is 17.6 Å². The van der Waals surface area contributed by atoms with Gasteiger partial charge in [-0.05, 0) is 6.92 Å². The molecule has 0 amide bonds. The number of amidine groups is 1.